The fourth-order valence-electron chi connectivity index (χ4n) is 3.40. The number of aromatic hydroxyl groups is 1. The van der Waals surface area contributed by atoms with E-state index in [0.29, 0.717) is 17.3 Å². The number of phenols is 1. The molecule has 0 saturated heterocycles. The molecule has 2 atom stereocenters. The van der Waals surface area contributed by atoms with Gasteiger partial charge in [0, 0.05) is 5.56 Å². The molecule has 0 aliphatic carbocycles. The van der Waals surface area contributed by atoms with Crippen molar-refractivity contribution >= 4 is 23.5 Å². The lowest BCUT2D eigenvalue weighted by Crippen LogP contribution is -2.22. The van der Waals surface area contributed by atoms with E-state index in [4.69, 9.17) is 4.74 Å². The van der Waals surface area contributed by atoms with Crippen LogP contribution >= 0.6 is 11.8 Å². The minimum Gasteiger partial charge on any atom is -0.504 e. The Morgan fingerprint density at radius 2 is 1.97 bits per heavy atom. The minimum atomic E-state index is -0.342. The van der Waals surface area contributed by atoms with Crippen molar-refractivity contribution in [2.45, 2.75) is 24.3 Å². The number of carbonyl (C=O) groups excluding carboxylic acids is 1. The second-order valence-corrected chi connectivity index (χ2v) is 8.27. The molecule has 2 N–H and O–H groups in total. The van der Waals surface area contributed by atoms with Crippen molar-refractivity contribution in [3.8, 4) is 17.2 Å². The number of fused-ring (bicyclic) bond motifs is 1. The smallest absolute Gasteiger partial charge is 0.238 e. The van der Waals surface area contributed by atoms with E-state index in [1.54, 1.807) is 28.9 Å². The summed E-state index contributed by atoms with van der Waals surface area (Å²) in [4.78, 5) is 12.7. The van der Waals surface area contributed by atoms with E-state index in [0.717, 1.165) is 16.8 Å². The average Bonchev–Trinajstić information content (AvgIpc) is 2.95. The second kappa shape index (κ2) is 7.44. The van der Waals surface area contributed by atoms with Gasteiger partial charge in [-0.2, -0.15) is 5.10 Å². The number of amides is 1. The Morgan fingerprint density at radius 1 is 1.24 bits per heavy atom. The summed E-state index contributed by atoms with van der Waals surface area (Å²) in [6, 6.07) is 11.1. The topological polar surface area (TPSA) is 76.4 Å². The van der Waals surface area contributed by atoms with Crippen LogP contribution in [0.5, 0.6) is 11.5 Å². The number of hydrogen-bond donors (Lipinski definition) is 2. The maximum Gasteiger partial charge on any atom is 0.238 e. The highest BCUT2D eigenvalue weighted by atomic mass is 32.2. The van der Waals surface area contributed by atoms with Gasteiger partial charge in [0.05, 0.1) is 29.0 Å². The largest absolute Gasteiger partial charge is 0.504 e. The number of hydrogen-bond acceptors (Lipinski definition) is 5. The summed E-state index contributed by atoms with van der Waals surface area (Å²) in [5, 5.41) is 17.0. The number of methoxy groups -OCH3 is 1. The number of nitrogens with one attached hydrogen (secondary N) is 1. The number of aryl methyl sites for hydroxylation is 1. The van der Waals surface area contributed by atoms with Crippen molar-refractivity contribution in [2.75, 3.05) is 12.4 Å². The SMILES string of the molecule is COc1cc([C@@H]2S[C@H](C)C(=O)Nc3c2c(C)nn3-c2ccc(F)cc2)ccc1O. The van der Waals surface area contributed by atoms with E-state index >= 15 is 0 Å². The molecule has 1 aromatic heterocycles. The highest BCUT2D eigenvalue weighted by molar-refractivity contribution is 8.01. The molecule has 8 heteroatoms. The summed E-state index contributed by atoms with van der Waals surface area (Å²) in [6.45, 7) is 3.73. The third-order valence-electron chi connectivity index (χ3n) is 4.90. The highest BCUT2D eigenvalue weighted by Crippen LogP contribution is 2.47. The van der Waals surface area contributed by atoms with Crippen LogP contribution in [0.25, 0.3) is 5.69 Å². The van der Waals surface area contributed by atoms with Crippen LogP contribution in [-0.2, 0) is 4.79 Å². The van der Waals surface area contributed by atoms with E-state index in [1.807, 2.05) is 19.9 Å². The van der Waals surface area contributed by atoms with Crippen molar-refractivity contribution in [1.82, 2.24) is 9.78 Å². The number of thioether (sulfide) groups is 1. The summed E-state index contributed by atoms with van der Waals surface area (Å²) in [7, 11) is 1.50. The van der Waals surface area contributed by atoms with Crippen molar-refractivity contribution in [3.63, 3.8) is 0 Å². The number of halogens is 1. The van der Waals surface area contributed by atoms with E-state index < -0.39 is 0 Å². The fourth-order valence-corrected chi connectivity index (χ4v) is 4.71. The van der Waals surface area contributed by atoms with Crippen LogP contribution < -0.4 is 10.1 Å². The van der Waals surface area contributed by atoms with Crippen molar-refractivity contribution in [3.05, 3.63) is 65.1 Å². The first kappa shape index (κ1) is 19.3. The van der Waals surface area contributed by atoms with Crippen LogP contribution in [0.4, 0.5) is 10.2 Å². The van der Waals surface area contributed by atoms with Gasteiger partial charge in [-0.15, -0.1) is 11.8 Å². The third-order valence-corrected chi connectivity index (χ3v) is 6.30. The normalized spacial score (nSPS) is 18.7. The Morgan fingerprint density at radius 3 is 2.66 bits per heavy atom. The van der Waals surface area contributed by atoms with E-state index in [-0.39, 0.29) is 28.0 Å². The number of nitrogens with zero attached hydrogens (tertiary/aromatic N) is 2. The molecule has 1 aliphatic heterocycles. The summed E-state index contributed by atoms with van der Waals surface area (Å²) < 4.78 is 20.3. The van der Waals surface area contributed by atoms with Gasteiger partial charge in [0.15, 0.2) is 11.5 Å². The average molecular weight is 413 g/mol. The molecular formula is C21H20FN3O3S. The van der Waals surface area contributed by atoms with Crippen LogP contribution in [0.2, 0.25) is 0 Å². The first-order valence-electron chi connectivity index (χ1n) is 9.07. The van der Waals surface area contributed by atoms with Gasteiger partial charge in [0.25, 0.3) is 0 Å². The Hall–Kier alpha value is -3.00. The van der Waals surface area contributed by atoms with Crippen LogP contribution in [0.3, 0.4) is 0 Å². The molecule has 150 valence electrons. The molecule has 1 amide bonds. The van der Waals surface area contributed by atoms with Crippen molar-refractivity contribution < 1.29 is 19.0 Å². The second-order valence-electron chi connectivity index (χ2n) is 6.81. The summed E-state index contributed by atoms with van der Waals surface area (Å²) in [5.41, 5.74) is 3.15. The fraction of sp³-hybridized carbons (Fsp3) is 0.238. The molecule has 0 fully saturated rings. The molecule has 0 unspecified atom stereocenters. The number of phenolic OH excluding ortho intramolecular Hbond substituents is 1. The number of aromatic nitrogens is 2. The van der Waals surface area contributed by atoms with Gasteiger partial charge in [-0.25, -0.2) is 9.07 Å². The zero-order chi connectivity index (χ0) is 20.7. The number of carbonyl (C=O) groups is 1. The molecule has 1 aliphatic rings. The number of anilines is 1. The van der Waals surface area contributed by atoms with Crippen molar-refractivity contribution in [1.29, 1.82) is 0 Å². The molecule has 0 saturated carbocycles. The number of rotatable bonds is 3. The van der Waals surface area contributed by atoms with Crippen LogP contribution in [0.15, 0.2) is 42.5 Å². The maximum absolute atomic E-state index is 13.4. The standard InChI is InChI=1S/C21H20FN3O3S/c1-11-18-19(13-4-9-16(26)17(10-13)28-3)29-12(2)21(27)23-20(18)25(24-11)15-7-5-14(22)6-8-15/h4-10,12,19,26H,1-3H3,(H,23,27)/t12-,19+/m1/s1. The third kappa shape index (κ3) is 3.44. The van der Waals surface area contributed by atoms with Gasteiger partial charge in [0.2, 0.25) is 5.91 Å². The molecule has 29 heavy (non-hydrogen) atoms. The van der Waals surface area contributed by atoms with Gasteiger partial charge >= 0.3 is 0 Å². The summed E-state index contributed by atoms with van der Waals surface area (Å²) in [5.74, 6) is 0.507. The lowest BCUT2D eigenvalue weighted by molar-refractivity contribution is -0.115. The molecule has 4 rings (SSSR count). The van der Waals surface area contributed by atoms with Crippen LogP contribution in [-0.4, -0.2) is 33.2 Å². The molecule has 6 nitrogen and oxygen atoms in total. The molecule has 0 spiro atoms. The van der Waals surface area contributed by atoms with Gasteiger partial charge in [-0.1, -0.05) is 6.07 Å². The molecule has 3 aromatic rings. The molecule has 2 aromatic carbocycles. The Balaban J connectivity index is 1.90. The van der Waals surface area contributed by atoms with Crippen molar-refractivity contribution in [2.24, 2.45) is 0 Å². The zero-order valence-corrected chi connectivity index (χ0v) is 17.0. The zero-order valence-electron chi connectivity index (χ0n) is 16.1. The number of ether oxygens (including phenoxy) is 1. The quantitative estimate of drug-likeness (QED) is 0.673. The predicted molar refractivity (Wildman–Crippen MR) is 110 cm³/mol. The van der Waals surface area contributed by atoms with Gasteiger partial charge in [-0.3, -0.25) is 4.79 Å². The Bertz CT molecular complexity index is 1080. The highest BCUT2D eigenvalue weighted by Gasteiger charge is 2.34. The Kier molecular flexibility index (Phi) is 4.96. The van der Waals surface area contributed by atoms with Crippen LogP contribution in [0.1, 0.15) is 29.0 Å². The van der Waals surface area contributed by atoms with Gasteiger partial charge in [-0.05, 0) is 55.8 Å². The maximum atomic E-state index is 13.4. The first-order valence-corrected chi connectivity index (χ1v) is 10.0. The monoisotopic (exact) mass is 413 g/mol. The summed E-state index contributed by atoms with van der Waals surface area (Å²) >= 11 is 1.50. The van der Waals surface area contributed by atoms with Gasteiger partial charge < -0.3 is 15.2 Å². The summed E-state index contributed by atoms with van der Waals surface area (Å²) in [6.07, 6.45) is 0. The molecule has 2 heterocycles. The first-order chi connectivity index (χ1) is 13.9. The molecular weight excluding hydrogens is 393 g/mol. The Labute approximate surface area is 171 Å². The van der Waals surface area contributed by atoms with E-state index in [2.05, 4.69) is 10.4 Å². The molecule has 0 bridgehead atoms. The van der Waals surface area contributed by atoms with E-state index in [9.17, 15) is 14.3 Å². The number of benzene rings is 2. The van der Waals surface area contributed by atoms with Gasteiger partial charge in [0.1, 0.15) is 11.6 Å². The lowest BCUT2D eigenvalue weighted by atomic mass is 10.0. The predicted octanol–water partition coefficient (Wildman–Crippen LogP) is 4.20. The van der Waals surface area contributed by atoms with E-state index in [1.165, 1.54) is 31.0 Å². The minimum absolute atomic E-state index is 0.0519. The van der Waals surface area contributed by atoms with Crippen LogP contribution in [0, 0.1) is 12.7 Å². The lowest BCUT2D eigenvalue weighted by Gasteiger charge is -2.18. The molecule has 0 radical (unpaired) electrons.